The highest BCUT2D eigenvalue weighted by Crippen LogP contribution is 2.21. The van der Waals surface area contributed by atoms with E-state index in [1.165, 1.54) is 0 Å². The average Bonchev–Trinajstić information content (AvgIpc) is 2.81. The van der Waals surface area contributed by atoms with E-state index < -0.39 is 6.10 Å². The van der Waals surface area contributed by atoms with Gasteiger partial charge in [0.2, 0.25) is 0 Å². The highest BCUT2D eigenvalue weighted by atomic mass is 32.1. The third-order valence-corrected chi connectivity index (χ3v) is 3.30. The van der Waals surface area contributed by atoms with Crippen molar-refractivity contribution < 1.29 is 5.11 Å². The smallest absolute Gasteiger partial charge is 0.101 e. The predicted molar refractivity (Wildman–Crippen MR) is 64.4 cm³/mol. The summed E-state index contributed by atoms with van der Waals surface area (Å²) < 4.78 is 0. The number of hydrogen-bond acceptors (Lipinski definition) is 4. The first-order valence-electron chi connectivity index (χ1n) is 5.30. The van der Waals surface area contributed by atoms with Crippen molar-refractivity contribution in [2.24, 2.45) is 0 Å². The van der Waals surface area contributed by atoms with Gasteiger partial charge in [0.25, 0.3) is 0 Å². The number of aryl methyl sites for hydroxylation is 1. The number of aliphatic hydroxyl groups excluding tert-OH is 1. The van der Waals surface area contributed by atoms with Crippen LogP contribution >= 0.6 is 11.3 Å². The summed E-state index contributed by atoms with van der Waals surface area (Å²) in [7, 11) is 0. The highest BCUT2D eigenvalue weighted by molar-refractivity contribution is 7.09. The fourth-order valence-electron chi connectivity index (χ4n) is 1.68. The van der Waals surface area contributed by atoms with Gasteiger partial charge in [-0.3, -0.25) is 9.97 Å². The SMILES string of the molecule is CCc1cccnc1C(O)Cc1cncs1. The molecule has 4 heteroatoms. The largest absolute Gasteiger partial charge is 0.386 e. The summed E-state index contributed by atoms with van der Waals surface area (Å²) >= 11 is 1.56. The van der Waals surface area contributed by atoms with E-state index in [1.807, 2.05) is 12.1 Å². The van der Waals surface area contributed by atoms with Crippen LogP contribution in [0, 0.1) is 0 Å². The van der Waals surface area contributed by atoms with Crippen LogP contribution in [0.4, 0.5) is 0 Å². The van der Waals surface area contributed by atoms with E-state index >= 15 is 0 Å². The maximum atomic E-state index is 10.1. The van der Waals surface area contributed by atoms with Crippen molar-refractivity contribution in [1.29, 1.82) is 0 Å². The van der Waals surface area contributed by atoms with Gasteiger partial charge in [0.1, 0.15) is 6.10 Å². The molecule has 0 aromatic carbocycles. The Kier molecular flexibility index (Phi) is 3.64. The molecule has 0 saturated heterocycles. The van der Waals surface area contributed by atoms with E-state index in [-0.39, 0.29) is 0 Å². The molecule has 0 aliphatic rings. The van der Waals surface area contributed by atoms with Gasteiger partial charge in [0.05, 0.1) is 11.2 Å². The molecule has 1 N–H and O–H groups in total. The Morgan fingerprint density at radius 3 is 3.06 bits per heavy atom. The van der Waals surface area contributed by atoms with Gasteiger partial charge in [-0.1, -0.05) is 13.0 Å². The topological polar surface area (TPSA) is 46.0 Å². The number of aromatic nitrogens is 2. The van der Waals surface area contributed by atoms with Gasteiger partial charge in [0.15, 0.2) is 0 Å². The average molecular weight is 234 g/mol. The second kappa shape index (κ2) is 5.18. The molecule has 2 aromatic rings. The minimum atomic E-state index is -0.531. The van der Waals surface area contributed by atoms with Crippen LogP contribution in [0.25, 0.3) is 0 Å². The van der Waals surface area contributed by atoms with Crippen molar-refractivity contribution in [2.45, 2.75) is 25.9 Å². The molecule has 0 bridgehead atoms. The third kappa shape index (κ3) is 2.46. The monoisotopic (exact) mass is 234 g/mol. The normalized spacial score (nSPS) is 12.6. The van der Waals surface area contributed by atoms with E-state index in [4.69, 9.17) is 0 Å². The summed E-state index contributed by atoms with van der Waals surface area (Å²) in [5.41, 5.74) is 3.68. The second-order valence-electron chi connectivity index (χ2n) is 3.59. The highest BCUT2D eigenvalue weighted by Gasteiger charge is 2.14. The summed E-state index contributed by atoms with van der Waals surface area (Å²) in [5, 5.41) is 10.1. The Bertz CT molecular complexity index is 442. The minimum absolute atomic E-state index is 0.531. The van der Waals surface area contributed by atoms with Gasteiger partial charge in [-0.25, -0.2) is 0 Å². The maximum Gasteiger partial charge on any atom is 0.101 e. The number of thiazole rings is 1. The zero-order valence-corrected chi connectivity index (χ0v) is 9.94. The zero-order valence-electron chi connectivity index (χ0n) is 9.13. The van der Waals surface area contributed by atoms with Crippen LogP contribution in [0.1, 0.15) is 29.2 Å². The maximum absolute atomic E-state index is 10.1. The van der Waals surface area contributed by atoms with Crippen molar-refractivity contribution >= 4 is 11.3 Å². The lowest BCUT2D eigenvalue weighted by Gasteiger charge is -2.12. The van der Waals surface area contributed by atoms with Gasteiger partial charge >= 0.3 is 0 Å². The summed E-state index contributed by atoms with van der Waals surface area (Å²) in [6.45, 7) is 2.07. The number of aliphatic hydroxyl groups is 1. The molecule has 2 rings (SSSR count). The van der Waals surface area contributed by atoms with E-state index in [1.54, 1.807) is 29.2 Å². The van der Waals surface area contributed by atoms with Crippen molar-refractivity contribution in [1.82, 2.24) is 9.97 Å². The Morgan fingerprint density at radius 2 is 2.38 bits per heavy atom. The van der Waals surface area contributed by atoms with Gasteiger partial charge in [0, 0.05) is 23.7 Å². The van der Waals surface area contributed by atoms with E-state index in [0.29, 0.717) is 6.42 Å². The molecule has 0 aliphatic carbocycles. The molecule has 0 aliphatic heterocycles. The molecule has 3 nitrogen and oxygen atoms in total. The molecule has 0 amide bonds. The van der Waals surface area contributed by atoms with Crippen LogP contribution in [-0.4, -0.2) is 15.1 Å². The Hall–Kier alpha value is -1.26. The van der Waals surface area contributed by atoms with Crippen LogP contribution in [0.3, 0.4) is 0 Å². The molecule has 16 heavy (non-hydrogen) atoms. The molecule has 84 valence electrons. The molecule has 1 unspecified atom stereocenters. The standard InChI is InChI=1S/C12H14N2OS/c1-2-9-4-3-5-14-12(9)11(15)6-10-7-13-8-16-10/h3-5,7-8,11,15H,2,6H2,1H3. The summed E-state index contributed by atoms with van der Waals surface area (Å²) in [5.74, 6) is 0. The van der Waals surface area contributed by atoms with Crippen LogP contribution < -0.4 is 0 Å². The van der Waals surface area contributed by atoms with Crippen LogP contribution in [0.15, 0.2) is 30.0 Å². The van der Waals surface area contributed by atoms with Crippen molar-refractivity contribution in [3.05, 3.63) is 46.2 Å². The molecular weight excluding hydrogens is 220 g/mol. The van der Waals surface area contributed by atoms with Crippen molar-refractivity contribution in [3.8, 4) is 0 Å². The fourth-order valence-corrected chi connectivity index (χ4v) is 2.31. The zero-order chi connectivity index (χ0) is 11.4. The summed E-state index contributed by atoms with van der Waals surface area (Å²) in [6, 6.07) is 3.92. The lowest BCUT2D eigenvalue weighted by atomic mass is 10.0. The molecule has 0 spiro atoms. The molecule has 0 radical (unpaired) electrons. The number of rotatable bonds is 4. The molecule has 2 heterocycles. The van der Waals surface area contributed by atoms with Gasteiger partial charge in [-0.2, -0.15) is 0 Å². The molecule has 0 saturated carbocycles. The van der Waals surface area contributed by atoms with Gasteiger partial charge < -0.3 is 5.11 Å². The fraction of sp³-hybridized carbons (Fsp3) is 0.333. The van der Waals surface area contributed by atoms with E-state index in [2.05, 4.69) is 16.9 Å². The Morgan fingerprint density at radius 1 is 1.50 bits per heavy atom. The van der Waals surface area contributed by atoms with Crippen molar-refractivity contribution in [3.63, 3.8) is 0 Å². The summed E-state index contributed by atoms with van der Waals surface area (Å²) in [6.07, 6.45) is 4.47. The molecule has 1 atom stereocenters. The van der Waals surface area contributed by atoms with Crippen molar-refractivity contribution in [2.75, 3.05) is 0 Å². The first-order chi connectivity index (χ1) is 7.81. The quantitative estimate of drug-likeness (QED) is 0.883. The van der Waals surface area contributed by atoms with Gasteiger partial charge in [-0.05, 0) is 18.1 Å². The minimum Gasteiger partial charge on any atom is -0.386 e. The summed E-state index contributed by atoms with van der Waals surface area (Å²) in [4.78, 5) is 9.35. The number of hydrogen-bond donors (Lipinski definition) is 1. The van der Waals surface area contributed by atoms with Gasteiger partial charge in [-0.15, -0.1) is 11.3 Å². The third-order valence-electron chi connectivity index (χ3n) is 2.50. The Balaban J connectivity index is 2.17. The lowest BCUT2D eigenvalue weighted by Crippen LogP contribution is -2.06. The van der Waals surface area contributed by atoms with E-state index in [9.17, 15) is 5.11 Å². The van der Waals surface area contributed by atoms with E-state index in [0.717, 1.165) is 22.6 Å². The van der Waals surface area contributed by atoms with Crippen LogP contribution in [0.2, 0.25) is 0 Å². The van der Waals surface area contributed by atoms with Crippen LogP contribution in [-0.2, 0) is 12.8 Å². The second-order valence-corrected chi connectivity index (χ2v) is 4.56. The number of nitrogens with zero attached hydrogens (tertiary/aromatic N) is 2. The van der Waals surface area contributed by atoms with Crippen LogP contribution in [0.5, 0.6) is 0 Å². The predicted octanol–water partition coefficient (Wildman–Crippen LogP) is 2.38. The first kappa shape index (κ1) is 11.2. The lowest BCUT2D eigenvalue weighted by molar-refractivity contribution is 0.173. The molecule has 2 aromatic heterocycles. The number of pyridine rings is 1. The Labute approximate surface area is 98.8 Å². The first-order valence-corrected chi connectivity index (χ1v) is 6.18. The molecular formula is C12H14N2OS. The molecule has 0 fully saturated rings.